The minimum atomic E-state index is 0. The monoisotopic (exact) mass is 403 g/mol. The average Bonchev–Trinajstić information content (AvgIpc) is 2.95. The van der Waals surface area contributed by atoms with Crippen LogP contribution in [0.5, 0.6) is 17.2 Å². The lowest BCUT2D eigenvalue weighted by atomic mass is 9.72. The Morgan fingerprint density at radius 1 is 0.821 bits per heavy atom. The van der Waals surface area contributed by atoms with Crippen molar-refractivity contribution in [1.82, 2.24) is 4.90 Å². The number of fused-ring (bicyclic) bond motifs is 2. The Bertz CT molecular complexity index is 795. The number of likely N-dealkylation sites (N-methyl/N-ethyl adjacent to an activating group) is 1. The van der Waals surface area contributed by atoms with Crippen molar-refractivity contribution >= 4 is 12.4 Å². The molecule has 2 aromatic carbocycles. The van der Waals surface area contributed by atoms with Crippen LogP contribution in [0.15, 0.2) is 42.5 Å². The van der Waals surface area contributed by atoms with Crippen LogP contribution < -0.4 is 14.2 Å². The molecule has 5 heteroatoms. The van der Waals surface area contributed by atoms with Gasteiger partial charge in [-0.15, -0.1) is 12.4 Å². The van der Waals surface area contributed by atoms with E-state index in [1.54, 1.807) is 21.3 Å². The van der Waals surface area contributed by atoms with Crippen molar-refractivity contribution in [3.05, 3.63) is 53.6 Å². The van der Waals surface area contributed by atoms with Crippen LogP contribution in [0.25, 0.3) is 0 Å². The summed E-state index contributed by atoms with van der Waals surface area (Å²) in [5.41, 5.74) is 2.74. The topological polar surface area (TPSA) is 30.9 Å². The van der Waals surface area contributed by atoms with Crippen molar-refractivity contribution in [2.45, 2.75) is 43.2 Å². The van der Waals surface area contributed by atoms with Gasteiger partial charge in [-0.2, -0.15) is 0 Å². The zero-order valence-corrected chi connectivity index (χ0v) is 17.9. The van der Waals surface area contributed by atoms with Gasteiger partial charge in [0.05, 0.1) is 21.3 Å². The van der Waals surface area contributed by atoms with Crippen molar-refractivity contribution in [1.29, 1.82) is 0 Å². The molecule has 0 aromatic heterocycles. The van der Waals surface area contributed by atoms with Gasteiger partial charge in [-0.05, 0) is 67.6 Å². The highest BCUT2D eigenvalue weighted by Crippen LogP contribution is 2.51. The summed E-state index contributed by atoms with van der Waals surface area (Å²) >= 11 is 0. The van der Waals surface area contributed by atoms with E-state index in [2.05, 4.69) is 48.3 Å². The van der Waals surface area contributed by atoms with Crippen LogP contribution in [0.1, 0.15) is 42.2 Å². The molecule has 2 fully saturated rings. The summed E-state index contributed by atoms with van der Waals surface area (Å²) in [6.07, 6.45) is 3.74. The van der Waals surface area contributed by atoms with E-state index in [-0.39, 0.29) is 12.4 Å². The van der Waals surface area contributed by atoms with Crippen LogP contribution in [0, 0.1) is 0 Å². The third-order valence-electron chi connectivity index (χ3n) is 6.61. The quantitative estimate of drug-likeness (QED) is 0.712. The van der Waals surface area contributed by atoms with E-state index in [9.17, 15) is 0 Å². The second-order valence-corrected chi connectivity index (χ2v) is 7.72. The largest absolute Gasteiger partial charge is 0.497 e. The third-order valence-corrected chi connectivity index (χ3v) is 6.61. The Labute approximate surface area is 174 Å². The predicted octanol–water partition coefficient (Wildman–Crippen LogP) is 4.87. The fraction of sp³-hybridized carbons (Fsp3) is 0.478. The Balaban J connectivity index is 0.00000225. The fourth-order valence-corrected chi connectivity index (χ4v) is 5.18. The summed E-state index contributed by atoms with van der Waals surface area (Å²) in [6.45, 7) is 0. The zero-order valence-electron chi connectivity index (χ0n) is 17.1. The molecule has 4 rings (SSSR count). The minimum Gasteiger partial charge on any atom is -0.497 e. The highest BCUT2D eigenvalue weighted by Gasteiger charge is 2.46. The van der Waals surface area contributed by atoms with Gasteiger partial charge >= 0.3 is 0 Å². The Kier molecular flexibility index (Phi) is 6.41. The molecule has 0 N–H and O–H groups in total. The Morgan fingerprint density at radius 3 is 2.14 bits per heavy atom. The lowest BCUT2D eigenvalue weighted by Gasteiger charge is -2.43. The van der Waals surface area contributed by atoms with Crippen molar-refractivity contribution in [2.24, 2.45) is 0 Å². The average molecular weight is 404 g/mol. The number of methoxy groups -OCH3 is 3. The SMILES string of the molecule is COc1ccc([C@@H]2C[C@@H]3CC[C@H]([C@@H]2c2ccc(OC)c(OC)c2)N3C)cc1.Cl. The molecular weight excluding hydrogens is 374 g/mol. The third kappa shape index (κ3) is 3.56. The summed E-state index contributed by atoms with van der Waals surface area (Å²) < 4.78 is 16.4. The van der Waals surface area contributed by atoms with Gasteiger partial charge in [0, 0.05) is 18.0 Å². The molecule has 4 atom stereocenters. The van der Waals surface area contributed by atoms with E-state index < -0.39 is 0 Å². The maximum Gasteiger partial charge on any atom is 0.160 e. The van der Waals surface area contributed by atoms with Gasteiger partial charge < -0.3 is 14.2 Å². The molecule has 152 valence electrons. The smallest absolute Gasteiger partial charge is 0.160 e. The number of nitrogens with zero attached hydrogens (tertiary/aromatic N) is 1. The summed E-state index contributed by atoms with van der Waals surface area (Å²) in [5, 5.41) is 0. The Morgan fingerprint density at radius 2 is 1.50 bits per heavy atom. The van der Waals surface area contributed by atoms with Crippen molar-refractivity contribution in [3.8, 4) is 17.2 Å². The number of piperidine rings is 1. The molecular formula is C23H30ClNO3. The maximum atomic E-state index is 5.59. The molecule has 2 saturated heterocycles. The van der Waals surface area contributed by atoms with Crippen LogP contribution in [0.4, 0.5) is 0 Å². The van der Waals surface area contributed by atoms with Crippen molar-refractivity contribution < 1.29 is 14.2 Å². The van der Waals surface area contributed by atoms with Crippen molar-refractivity contribution in [2.75, 3.05) is 28.4 Å². The molecule has 0 spiro atoms. The first-order valence-corrected chi connectivity index (χ1v) is 9.74. The summed E-state index contributed by atoms with van der Waals surface area (Å²) in [6, 6.07) is 16.3. The normalized spacial score (nSPS) is 26.4. The molecule has 28 heavy (non-hydrogen) atoms. The molecule has 0 radical (unpaired) electrons. The first-order chi connectivity index (χ1) is 13.2. The van der Waals surface area contributed by atoms with E-state index in [1.807, 2.05) is 6.07 Å². The number of hydrogen-bond acceptors (Lipinski definition) is 4. The molecule has 0 unspecified atom stereocenters. The highest BCUT2D eigenvalue weighted by atomic mass is 35.5. The van der Waals surface area contributed by atoms with Gasteiger partial charge in [-0.3, -0.25) is 4.90 Å². The second-order valence-electron chi connectivity index (χ2n) is 7.72. The van der Waals surface area contributed by atoms with Gasteiger partial charge in [0.15, 0.2) is 11.5 Å². The molecule has 2 aliphatic heterocycles. The van der Waals surface area contributed by atoms with Gasteiger partial charge in [-0.1, -0.05) is 18.2 Å². The molecule has 2 aromatic rings. The van der Waals surface area contributed by atoms with Gasteiger partial charge in [0.1, 0.15) is 5.75 Å². The lowest BCUT2D eigenvalue weighted by Crippen LogP contribution is -2.44. The summed E-state index contributed by atoms with van der Waals surface area (Å²) in [5.74, 6) is 3.46. The molecule has 2 heterocycles. The van der Waals surface area contributed by atoms with E-state index in [0.717, 1.165) is 17.2 Å². The van der Waals surface area contributed by atoms with Crippen LogP contribution in [-0.4, -0.2) is 45.4 Å². The highest BCUT2D eigenvalue weighted by molar-refractivity contribution is 5.85. The molecule has 2 aliphatic rings. The molecule has 0 aliphatic carbocycles. The molecule has 0 amide bonds. The first kappa shape index (κ1) is 20.8. The van der Waals surface area contributed by atoms with E-state index in [4.69, 9.17) is 14.2 Å². The fourth-order valence-electron chi connectivity index (χ4n) is 5.18. The van der Waals surface area contributed by atoms with Crippen LogP contribution >= 0.6 is 12.4 Å². The van der Waals surface area contributed by atoms with Gasteiger partial charge in [0.25, 0.3) is 0 Å². The predicted molar refractivity (Wildman–Crippen MR) is 114 cm³/mol. The van der Waals surface area contributed by atoms with E-state index >= 15 is 0 Å². The second kappa shape index (κ2) is 8.62. The molecule has 2 bridgehead atoms. The van der Waals surface area contributed by atoms with Gasteiger partial charge in [-0.25, -0.2) is 0 Å². The number of halogens is 1. The van der Waals surface area contributed by atoms with E-state index in [0.29, 0.717) is 23.9 Å². The summed E-state index contributed by atoms with van der Waals surface area (Å²) in [7, 11) is 7.41. The van der Waals surface area contributed by atoms with Crippen LogP contribution in [-0.2, 0) is 0 Å². The zero-order chi connectivity index (χ0) is 19.0. The number of benzene rings is 2. The van der Waals surface area contributed by atoms with Crippen LogP contribution in [0.2, 0.25) is 0 Å². The molecule has 4 nitrogen and oxygen atoms in total. The lowest BCUT2D eigenvalue weighted by molar-refractivity contribution is 0.137. The maximum absolute atomic E-state index is 5.59. The number of hydrogen-bond donors (Lipinski definition) is 0. The standard InChI is InChI=1S/C23H29NO3.ClH/c1-24-17-8-11-20(24)23(16-7-12-21(26-3)22(13-16)27-4)19(14-17)15-5-9-18(25-2)10-6-15;/h5-7,9-10,12-13,17,19-20,23H,8,11,14H2,1-4H3;1H/t17-,19-,20+,23+;/m0./s1. The van der Waals surface area contributed by atoms with Crippen molar-refractivity contribution in [3.63, 3.8) is 0 Å². The van der Waals surface area contributed by atoms with Crippen LogP contribution in [0.3, 0.4) is 0 Å². The minimum absolute atomic E-state index is 0. The Hall–Kier alpha value is -1.91. The number of ether oxygens (including phenoxy) is 3. The number of rotatable bonds is 5. The van der Waals surface area contributed by atoms with E-state index in [1.165, 1.54) is 30.4 Å². The van der Waals surface area contributed by atoms with Gasteiger partial charge in [0.2, 0.25) is 0 Å². The first-order valence-electron chi connectivity index (χ1n) is 9.74. The molecule has 0 saturated carbocycles. The summed E-state index contributed by atoms with van der Waals surface area (Å²) in [4.78, 5) is 2.60.